The van der Waals surface area contributed by atoms with Gasteiger partial charge in [0.25, 0.3) is 0 Å². The van der Waals surface area contributed by atoms with Crippen molar-refractivity contribution in [3.63, 3.8) is 0 Å². The maximum atomic E-state index is 7.56. The molecule has 0 aliphatic rings. The van der Waals surface area contributed by atoms with Crippen molar-refractivity contribution in [3.05, 3.63) is 279 Å². The van der Waals surface area contributed by atoms with E-state index in [9.17, 15) is 0 Å². The summed E-state index contributed by atoms with van der Waals surface area (Å²) in [6.45, 7) is 10.1. The molecule has 0 saturated heterocycles. The van der Waals surface area contributed by atoms with E-state index in [4.69, 9.17) is 12.8 Å². The summed E-state index contributed by atoms with van der Waals surface area (Å²) in [5.74, 6) is 5.10. The van der Waals surface area contributed by atoms with Gasteiger partial charge >= 0.3 is 44.8 Å². The molecule has 0 aliphatic carbocycles. The van der Waals surface area contributed by atoms with Crippen molar-refractivity contribution in [1.29, 1.82) is 0 Å². The minimum absolute atomic E-state index is 0. The molecule has 0 saturated carbocycles. The van der Waals surface area contributed by atoms with E-state index in [-0.39, 0.29) is 55.1 Å². The SMILES string of the molecule is CC(C)([PH+](c1ccccc1)c1ccccc1)C(C)(C)[PH+](c1ccccc1)c1ccccc1.[Ag+].[Au+].[C-]#Cc1cc2c3ccccc3ccc2c2ccccc12.[C-]#Cc1cccc2c1ccc1c3ccccc3ccc21. The van der Waals surface area contributed by atoms with Crippen LogP contribution in [0, 0.1) is 24.7 Å². The van der Waals surface area contributed by atoms with Gasteiger partial charge in [0.15, 0.2) is 0 Å². The van der Waals surface area contributed by atoms with Crippen LogP contribution in [0.4, 0.5) is 0 Å². The van der Waals surface area contributed by atoms with E-state index < -0.39 is 15.8 Å². The van der Waals surface area contributed by atoms with Crippen LogP contribution < -0.4 is 21.2 Å². The first-order valence-corrected chi connectivity index (χ1v) is 27.7. The molecular formula is C70H56AgAuP2+2. The van der Waals surface area contributed by atoms with Crippen molar-refractivity contribution < 1.29 is 44.8 Å². The molecule has 0 unspecified atom stereocenters. The summed E-state index contributed by atoms with van der Waals surface area (Å²) >= 11 is 0. The number of benzene rings is 12. The fourth-order valence-corrected chi connectivity index (χ4v) is 18.4. The van der Waals surface area contributed by atoms with Gasteiger partial charge in [-0.05, 0) is 130 Å². The molecule has 12 aromatic rings. The van der Waals surface area contributed by atoms with Crippen LogP contribution >= 0.6 is 15.8 Å². The normalized spacial score (nSPS) is 11.2. The predicted octanol–water partition coefficient (Wildman–Crippen LogP) is 16.4. The summed E-state index contributed by atoms with van der Waals surface area (Å²) in [7, 11) is -2.13. The van der Waals surface area contributed by atoms with Gasteiger partial charge in [-0.25, -0.2) is 0 Å². The molecule has 0 nitrogen and oxygen atoms in total. The molecule has 0 amide bonds. The van der Waals surface area contributed by atoms with E-state index in [2.05, 4.69) is 270 Å². The second-order valence-electron chi connectivity index (χ2n) is 19.4. The average Bonchev–Trinajstić information content (AvgIpc) is 3.44. The van der Waals surface area contributed by atoms with Gasteiger partial charge in [-0.15, -0.1) is 23.3 Å². The Morgan fingerprint density at radius 2 is 0.568 bits per heavy atom. The van der Waals surface area contributed by atoms with Crippen LogP contribution in [0.1, 0.15) is 38.8 Å². The Bertz CT molecular complexity index is 3750. The van der Waals surface area contributed by atoms with Crippen LogP contribution in [0.3, 0.4) is 0 Å². The number of hydrogen-bond acceptors (Lipinski definition) is 0. The molecule has 0 fully saturated rings. The number of fused-ring (bicyclic) bond motifs is 10. The molecule has 0 aromatic heterocycles. The second-order valence-corrected chi connectivity index (χ2v) is 25.7. The van der Waals surface area contributed by atoms with Crippen LogP contribution in [0.15, 0.2) is 255 Å². The van der Waals surface area contributed by atoms with Crippen molar-refractivity contribution in [2.24, 2.45) is 0 Å². The van der Waals surface area contributed by atoms with E-state index in [1.54, 1.807) is 0 Å². The Morgan fingerprint density at radius 3 is 1.00 bits per heavy atom. The van der Waals surface area contributed by atoms with Crippen molar-refractivity contribution >= 4 is 102 Å². The Morgan fingerprint density at radius 1 is 0.284 bits per heavy atom. The van der Waals surface area contributed by atoms with Crippen LogP contribution in [0.25, 0.3) is 64.6 Å². The van der Waals surface area contributed by atoms with Crippen molar-refractivity contribution in [3.8, 4) is 11.8 Å². The summed E-state index contributed by atoms with van der Waals surface area (Å²) < 4.78 is 0. The molecule has 0 spiro atoms. The summed E-state index contributed by atoms with van der Waals surface area (Å²) in [6, 6.07) is 91.0. The Labute approximate surface area is 471 Å². The zero-order valence-electron chi connectivity index (χ0n) is 41.9. The third kappa shape index (κ3) is 10.6. The van der Waals surface area contributed by atoms with Crippen LogP contribution in [0.2, 0.25) is 0 Å². The van der Waals surface area contributed by atoms with Crippen molar-refractivity contribution in [2.75, 3.05) is 0 Å². The van der Waals surface area contributed by atoms with Gasteiger partial charge < -0.3 is 12.8 Å². The molecule has 12 aromatic carbocycles. The second kappa shape index (κ2) is 23.9. The van der Waals surface area contributed by atoms with Gasteiger partial charge in [-0.2, -0.15) is 0 Å². The minimum Gasteiger partial charge on any atom is -0.366 e. The molecule has 0 radical (unpaired) electrons. The fourth-order valence-electron chi connectivity index (χ4n) is 10.8. The fraction of sp³-hybridized carbons (Fsp3) is 0.0857. The maximum Gasteiger partial charge on any atom is 1.00 e. The maximum absolute atomic E-state index is 7.56. The Balaban J connectivity index is 0.000000152. The van der Waals surface area contributed by atoms with Crippen LogP contribution in [-0.2, 0) is 44.8 Å². The molecular weight excluding hydrogens is 1210 g/mol. The van der Waals surface area contributed by atoms with E-state index in [0.29, 0.717) is 0 Å². The molecule has 12 rings (SSSR count). The molecule has 4 heteroatoms. The number of hydrogen-bond donors (Lipinski definition) is 0. The third-order valence-corrected chi connectivity index (χ3v) is 22.5. The van der Waals surface area contributed by atoms with E-state index in [1.807, 2.05) is 24.3 Å². The Hall–Kier alpha value is -6.34. The third-order valence-electron chi connectivity index (χ3n) is 14.9. The largest absolute Gasteiger partial charge is 1.00 e. The summed E-state index contributed by atoms with van der Waals surface area (Å²) in [4.78, 5) is 0. The van der Waals surface area contributed by atoms with Gasteiger partial charge in [0.1, 0.15) is 10.3 Å². The Kier molecular flexibility index (Phi) is 17.4. The topological polar surface area (TPSA) is 0 Å². The van der Waals surface area contributed by atoms with Gasteiger partial charge in [-0.3, -0.25) is 11.8 Å². The van der Waals surface area contributed by atoms with E-state index in [0.717, 1.165) is 21.9 Å². The molecule has 366 valence electrons. The first kappa shape index (κ1) is 53.9. The van der Waals surface area contributed by atoms with Crippen LogP contribution in [-0.4, -0.2) is 10.3 Å². The van der Waals surface area contributed by atoms with Crippen molar-refractivity contribution in [2.45, 2.75) is 38.0 Å². The smallest absolute Gasteiger partial charge is 0.366 e. The first-order valence-electron chi connectivity index (χ1n) is 24.7. The predicted molar refractivity (Wildman–Crippen MR) is 319 cm³/mol. The standard InChI is InChI=1S/C30H32P2.2C20H11.Ag.Au/c1-29(2,31(25-17-9-5-10-18-25)26-19-11-6-12-20-26)30(3,4)32(27-21-13-7-14-22-27)28-23-15-8-16-24-28;1-2-14-13-20-17-9-4-3-7-15(17)11-12-19(20)18-10-6-5-8-16(14)18;1-2-14-7-5-9-18-17(14)12-13-19-16-8-4-3-6-15(16)10-11-20(18)19;;/h5-24H,1-4H3;2*3-13H;;/q;2*-1;2*+1/p+2. The number of rotatable bonds is 7. The van der Waals surface area contributed by atoms with Crippen molar-refractivity contribution in [1.82, 2.24) is 0 Å². The van der Waals surface area contributed by atoms with Gasteiger partial charge in [-0.1, -0.05) is 205 Å². The van der Waals surface area contributed by atoms with Gasteiger partial charge in [0, 0.05) is 0 Å². The quantitative estimate of drug-likeness (QED) is 0.0490. The molecule has 74 heavy (non-hydrogen) atoms. The van der Waals surface area contributed by atoms with Crippen LogP contribution in [0.5, 0.6) is 0 Å². The summed E-state index contributed by atoms with van der Waals surface area (Å²) in [5, 5.41) is 20.6. The summed E-state index contributed by atoms with van der Waals surface area (Å²) in [6.07, 6.45) is 15.0. The molecule has 0 aliphatic heterocycles. The van der Waals surface area contributed by atoms with Gasteiger partial charge in [0.2, 0.25) is 0 Å². The molecule has 0 atom stereocenters. The molecule has 0 N–H and O–H groups in total. The average molecular weight is 1260 g/mol. The monoisotopic (exact) mass is 1260 g/mol. The van der Waals surface area contributed by atoms with Gasteiger partial charge in [0.05, 0.1) is 37.1 Å². The van der Waals surface area contributed by atoms with E-state index >= 15 is 0 Å². The van der Waals surface area contributed by atoms with E-state index in [1.165, 1.54) is 75.1 Å². The molecule has 0 heterocycles. The summed E-state index contributed by atoms with van der Waals surface area (Å²) in [5.41, 5.74) is 1.70. The molecule has 0 bridgehead atoms. The zero-order chi connectivity index (χ0) is 49.7. The minimum atomic E-state index is -1.07. The zero-order valence-corrected chi connectivity index (χ0v) is 47.5. The first-order chi connectivity index (χ1) is 35.2.